The molecule has 0 radical (unpaired) electrons. The summed E-state index contributed by atoms with van der Waals surface area (Å²) in [6.45, 7) is 3.00. The highest BCUT2D eigenvalue weighted by Crippen LogP contribution is 2.21. The van der Waals surface area contributed by atoms with Crippen LogP contribution >= 0.6 is 11.6 Å². The van der Waals surface area contributed by atoms with E-state index in [0.29, 0.717) is 5.69 Å². The Labute approximate surface area is 151 Å². The molecule has 0 aliphatic heterocycles. The van der Waals surface area contributed by atoms with E-state index >= 15 is 0 Å². The van der Waals surface area contributed by atoms with Gasteiger partial charge in [-0.1, -0.05) is 11.6 Å². The van der Waals surface area contributed by atoms with E-state index in [9.17, 15) is 4.39 Å². The predicted octanol–water partition coefficient (Wildman–Crippen LogP) is 2.67. The Bertz CT molecular complexity index is 723. The number of nitrogens with two attached hydrogens (primary N) is 1. The van der Waals surface area contributed by atoms with Crippen molar-refractivity contribution >= 4 is 34.6 Å². The van der Waals surface area contributed by atoms with Crippen molar-refractivity contribution in [2.75, 3.05) is 28.9 Å². The van der Waals surface area contributed by atoms with Crippen molar-refractivity contribution in [2.24, 2.45) is 5.73 Å². The lowest BCUT2D eigenvalue weighted by molar-refractivity contribution is 0.605. The first-order valence-corrected chi connectivity index (χ1v) is 7.97. The van der Waals surface area contributed by atoms with E-state index in [4.69, 9.17) is 22.7 Å². The molecule has 0 aliphatic rings. The molecule has 0 bridgehead atoms. The minimum atomic E-state index is -0.544. The van der Waals surface area contributed by atoms with Crippen molar-refractivity contribution in [1.29, 1.82) is 5.41 Å². The lowest BCUT2D eigenvalue weighted by Gasteiger charge is -2.24. The van der Waals surface area contributed by atoms with Gasteiger partial charge in [0.25, 0.3) is 0 Å². The number of nitrogens with one attached hydrogen (secondary N) is 4. The molecule has 2 rings (SSSR count). The van der Waals surface area contributed by atoms with Crippen LogP contribution in [0.2, 0.25) is 5.02 Å². The van der Waals surface area contributed by atoms with Crippen molar-refractivity contribution in [1.82, 2.24) is 11.1 Å². The minimum absolute atomic E-state index is 0.0610. The Balaban J connectivity index is 1.97. The summed E-state index contributed by atoms with van der Waals surface area (Å²) in [5.41, 5.74) is 16.2. The fraction of sp³-hybridized carbons (Fsp3) is 0.188. The summed E-state index contributed by atoms with van der Waals surface area (Å²) in [6, 6.07) is 11.8. The van der Waals surface area contributed by atoms with Crippen molar-refractivity contribution in [3.63, 3.8) is 0 Å². The van der Waals surface area contributed by atoms with E-state index in [-0.39, 0.29) is 11.0 Å². The molecular weight excluding hydrogens is 345 g/mol. The molecule has 25 heavy (non-hydrogen) atoms. The molecule has 0 fully saturated rings. The molecule has 134 valence electrons. The molecular formula is C16H21ClFN7. The van der Waals surface area contributed by atoms with E-state index in [1.54, 1.807) is 0 Å². The van der Waals surface area contributed by atoms with Gasteiger partial charge in [-0.15, -0.1) is 5.53 Å². The Hall–Kier alpha value is -2.55. The first-order chi connectivity index (χ1) is 11.9. The van der Waals surface area contributed by atoms with Crippen molar-refractivity contribution < 1.29 is 4.39 Å². The summed E-state index contributed by atoms with van der Waals surface area (Å²) in [4.78, 5) is 2.12. The quantitative estimate of drug-likeness (QED) is 0.294. The normalized spacial score (nSPS) is 10.4. The maximum absolute atomic E-state index is 13.3. The van der Waals surface area contributed by atoms with Gasteiger partial charge in [0.2, 0.25) is 5.96 Å². The summed E-state index contributed by atoms with van der Waals surface area (Å²) >= 11 is 5.76. The Morgan fingerprint density at radius 1 is 1.20 bits per heavy atom. The number of hydrogen-bond donors (Lipinski definition) is 5. The van der Waals surface area contributed by atoms with Gasteiger partial charge in [-0.2, -0.15) is 5.53 Å². The number of hydrogen-bond acceptors (Lipinski definition) is 5. The van der Waals surface area contributed by atoms with Crippen LogP contribution in [0.3, 0.4) is 0 Å². The first-order valence-electron chi connectivity index (χ1n) is 7.59. The fourth-order valence-electron chi connectivity index (χ4n) is 2.03. The summed E-state index contributed by atoms with van der Waals surface area (Å²) in [5, 5.41) is 8.77. The largest absolute Gasteiger partial charge is 0.375 e. The number of guanidine groups is 1. The second-order valence-electron chi connectivity index (χ2n) is 5.24. The van der Waals surface area contributed by atoms with Crippen LogP contribution in [0.15, 0.2) is 42.5 Å². The zero-order valence-corrected chi connectivity index (χ0v) is 14.7. The molecule has 6 N–H and O–H groups in total. The van der Waals surface area contributed by atoms with Gasteiger partial charge in [0.05, 0.1) is 16.4 Å². The number of rotatable bonds is 7. The monoisotopic (exact) mass is 365 g/mol. The van der Waals surface area contributed by atoms with Crippen LogP contribution in [0.1, 0.15) is 6.92 Å². The van der Waals surface area contributed by atoms with Gasteiger partial charge in [-0.05, 0) is 49.4 Å². The maximum atomic E-state index is 13.3. The average Bonchev–Trinajstić information content (AvgIpc) is 2.61. The number of hydrazine groups is 3. The molecule has 0 aliphatic carbocycles. The highest BCUT2D eigenvalue weighted by molar-refractivity contribution is 6.31. The van der Waals surface area contributed by atoms with Crippen molar-refractivity contribution in [3.8, 4) is 0 Å². The Kier molecular flexibility index (Phi) is 6.40. The third kappa shape index (κ3) is 4.96. The number of benzene rings is 2. The molecule has 9 heteroatoms. The fourth-order valence-corrected chi connectivity index (χ4v) is 2.20. The van der Waals surface area contributed by atoms with E-state index < -0.39 is 5.82 Å². The van der Waals surface area contributed by atoms with Crippen LogP contribution < -0.4 is 32.1 Å². The van der Waals surface area contributed by atoms with E-state index in [1.165, 1.54) is 23.2 Å². The molecule has 0 spiro atoms. The minimum Gasteiger partial charge on any atom is -0.375 e. The smallest absolute Gasteiger partial charge is 0.209 e. The summed E-state index contributed by atoms with van der Waals surface area (Å²) in [5.74, 6) is -0.839. The SMILES string of the molecule is CCN(C)c1ccc(NNNN(C(=N)N)c2ccc(F)c(Cl)c2)cc1. The van der Waals surface area contributed by atoms with Crippen LogP contribution in [0, 0.1) is 11.2 Å². The molecule has 0 heterocycles. The lowest BCUT2D eigenvalue weighted by Crippen LogP contribution is -2.54. The van der Waals surface area contributed by atoms with Gasteiger partial charge in [0, 0.05) is 19.3 Å². The maximum Gasteiger partial charge on any atom is 0.209 e. The highest BCUT2D eigenvalue weighted by Gasteiger charge is 2.11. The lowest BCUT2D eigenvalue weighted by atomic mass is 10.2. The zero-order valence-electron chi connectivity index (χ0n) is 14.0. The standard InChI is InChI=1S/C16H21ClFN7/c1-3-24(2)12-6-4-11(5-7-12)21-22-23-25(16(19)20)13-8-9-15(18)14(17)10-13/h4-10,21-23H,3H2,1-2H3,(H3,19,20). The highest BCUT2D eigenvalue weighted by atomic mass is 35.5. The molecule has 2 aromatic carbocycles. The third-order valence-electron chi connectivity index (χ3n) is 3.56. The molecule has 0 aromatic heterocycles. The molecule has 0 amide bonds. The van der Waals surface area contributed by atoms with Gasteiger partial charge in [-0.25, -0.2) is 9.40 Å². The summed E-state index contributed by atoms with van der Waals surface area (Å²) in [7, 11) is 2.01. The van der Waals surface area contributed by atoms with E-state index in [2.05, 4.69) is 28.3 Å². The molecule has 0 unspecified atom stereocenters. The van der Waals surface area contributed by atoms with Gasteiger partial charge in [0.15, 0.2) is 0 Å². The average molecular weight is 366 g/mol. The van der Waals surface area contributed by atoms with Gasteiger partial charge < -0.3 is 16.1 Å². The first kappa shape index (κ1) is 18.8. The molecule has 2 aromatic rings. The molecule has 0 saturated carbocycles. The Morgan fingerprint density at radius 3 is 2.40 bits per heavy atom. The van der Waals surface area contributed by atoms with Gasteiger partial charge in [-0.3, -0.25) is 5.41 Å². The molecule has 7 nitrogen and oxygen atoms in total. The van der Waals surface area contributed by atoms with E-state index in [0.717, 1.165) is 17.9 Å². The van der Waals surface area contributed by atoms with Crippen LogP contribution in [0.5, 0.6) is 0 Å². The van der Waals surface area contributed by atoms with Gasteiger partial charge >= 0.3 is 0 Å². The van der Waals surface area contributed by atoms with Crippen LogP contribution in [0.25, 0.3) is 0 Å². The topological polar surface area (TPSA) is 92.4 Å². The predicted molar refractivity (Wildman–Crippen MR) is 101 cm³/mol. The second kappa shape index (κ2) is 8.52. The molecule has 0 atom stereocenters. The van der Waals surface area contributed by atoms with Gasteiger partial charge in [0.1, 0.15) is 5.82 Å². The van der Waals surface area contributed by atoms with Crippen LogP contribution in [0.4, 0.5) is 21.5 Å². The Morgan fingerprint density at radius 2 is 1.84 bits per heavy atom. The van der Waals surface area contributed by atoms with Crippen LogP contribution in [-0.4, -0.2) is 19.6 Å². The van der Waals surface area contributed by atoms with Crippen molar-refractivity contribution in [2.45, 2.75) is 6.92 Å². The van der Waals surface area contributed by atoms with E-state index in [1.807, 2.05) is 31.3 Å². The number of halogens is 2. The number of anilines is 3. The third-order valence-corrected chi connectivity index (χ3v) is 3.85. The van der Waals surface area contributed by atoms with Crippen LogP contribution in [-0.2, 0) is 0 Å². The summed E-state index contributed by atoms with van der Waals surface area (Å²) in [6.07, 6.45) is 0. The summed E-state index contributed by atoms with van der Waals surface area (Å²) < 4.78 is 13.3. The second-order valence-corrected chi connectivity index (χ2v) is 5.65. The number of nitrogens with zero attached hydrogens (tertiary/aromatic N) is 2. The zero-order chi connectivity index (χ0) is 18.4. The molecule has 0 saturated heterocycles. The van der Waals surface area contributed by atoms with Crippen molar-refractivity contribution in [3.05, 3.63) is 53.3 Å².